The maximum atomic E-state index is 14.6. The molecule has 2 aliphatic heterocycles. The van der Waals surface area contributed by atoms with Crippen molar-refractivity contribution in [3.05, 3.63) is 57.2 Å². The molecule has 2 saturated heterocycles. The predicted octanol–water partition coefficient (Wildman–Crippen LogP) is 1.52. The van der Waals surface area contributed by atoms with E-state index < -0.39 is 108 Å². The number of hydrogen-bond acceptors (Lipinski definition) is 12. The van der Waals surface area contributed by atoms with Crippen LogP contribution in [0.15, 0.2) is 46.8 Å². The van der Waals surface area contributed by atoms with Gasteiger partial charge in [-0.3, -0.25) is 48.1 Å². The Kier molecular flexibility index (Phi) is 22.9. The van der Waals surface area contributed by atoms with Crippen LogP contribution < -0.4 is 43.8 Å². The second kappa shape index (κ2) is 28.2. The third kappa shape index (κ3) is 18.4. The molecule has 378 valence electrons. The number of Topliss-reactive ketones (excluding diaryl/α,β-unsaturated/α-hetero) is 2. The molecule has 22 heteroatoms. The molecule has 2 fully saturated rings. The van der Waals surface area contributed by atoms with Crippen molar-refractivity contribution in [3.63, 3.8) is 0 Å². The monoisotopic (exact) mass is 1010 g/mol. The number of benzene rings is 1. The number of aliphatic imine (C=N–C) groups is 1. The first-order valence-corrected chi connectivity index (χ1v) is 25.8. The quantitative estimate of drug-likeness (QED) is 0.0675. The van der Waals surface area contributed by atoms with Crippen LogP contribution in [-0.2, 0) is 56.0 Å². The molecule has 7 amide bonds. The van der Waals surface area contributed by atoms with Gasteiger partial charge in [-0.15, -0.1) is 11.3 Å². The fourth-order valence-electron chi connectivity index (χ4n) is 8.25. The molecule has 1 aromatic heterocycles. The number of nitrogens with one attached hydrogen (secondary N) is 5. The summed E-state index contributed by atoms with van der Waals surface area (Å²) >= 11 is 8.88. The number of nitrogens with zero attached hydrogens (tertiary/aromatic N) is 2. The minimum absolute atomic E-state index is 0.0765. The average molecular weight is 1020 g/mol. The first kappa shape index (κ1) is 56.1. The summed E-state index contributed by atoms with van der Waals surface area (Å²) in [6.45, 7) is 5.83. The average Bonchev–Trinajstić information content (AvgIpc) is 4.01. The third-order valence-corrected chi connectivity index (χ3v) is 14.1. The van der Waals surface area contributed by atoms with Crippen LogP contribution in [0.3, 0.4) is 0 Å². The van der Waals surface area contributed by atoms with Crippen LogP contribution in [0.25, 0.3) is 0 Å². The highest BCUT2D eigenvalue weighted by Crippen LogP contribution is 2.26. The fraction of sp³-hybridized carbons (Fsp3) is 0.574. The van der Waals surface area contributed by atoms with Gasteiger partial charge in [0, 0.05) is 72.8 Å². The largest absolute Gasteiger partial charge is 0.370 e. The van der Waals surface area contributed by atoms with Gasteiger partial charge < -0.3 is 48.7 Å². The first-order chi connectivity index (χ1) is 32.9. The summed E-state index contributed by atoms with van der Waals surface area (Å²) in [5.74, 6) is -7.20. The van der Waals surface area contributed by atoms with Crippen molar-refractivity contribution >= 4 is 93.6 Å². The SMILES string of the molecule is CCNC(=O)[C@@H](CCCN=C(N)N)NC(=O)[C@@H]1CCCN1C(=O)[C@@H]1CCSCCC(=O)C[C@@H](Cc2ccc(Cl)cc2)C(=O)N[C@@H](Cc2cccs2)C(=O)N[C@@H](C(C)C)C(=O)N[C@@H](CC(N)=O)C(=O)C1. The number of ketones is 2. The van der Waals surface area contributed by atoms with Crippen molar-refractivity contribution in [1.29, 1.82) is 0 Å². The molecule has 0 aliphatic carbocycles. The molecule has 0 bridgehead atoms. The Labute approximate surface area is 416 Å². The van der Waals surface area contributed by atoms with Gasteiger partial charge in [-0.05, 0) is 86.3 Å². The number of hydrogen-bond donors (Lipinski definition) is 8. The summed E-state index contributed by atoms with van der Waals surface area (Å²) in [4.78, 5) is 130. The maximum Gasteiger partial charge on any atom is 0.243 e. The number of thioether (sulfide) groups is 1. The van der Waals surface area contributed by atoms with Crippen molar-refractivity contribution < 1.29 is 43.2 Å². The Bertz CT molecular complexity index is 2140. The number of carbonyl (C=O) groups excluding carboxylic acids is 9. The fourth-order valence-corrected chi connectivity index (χ4v) is 10.2. The zero-order valence-electron chi connectivity index (χ0n) is 39.5. The Morgan fingerprint density at radius 1 is 0.899 bits per heavy atom. The number of thiophene rings is 1. The van der Waals surface area contributed by atoms with E-state index in [9.17, 15) is 43.2 Å². The van der Waals surface area contributed by atoms with Gasteiger partial charge >= 0.3 is 0 Å². The highest BCUT2D eigenvalue weighted by Gasteiger charge is 2.40. The molecular formula is C47H67ClN10O9S2. The van der Waals surface area contributed by atoms with Gasteiger partial charge in [0.05, 0.1) is 12.5 Å². The minimum Gasteiger partial charge on any atom is -0.370 e. The lowest BCUT2D eigenvalue weighted by molar-refractivity contribution is -0.144. The van der Waals surface area contributed by atoms with Crippen LogP contribution in [0.1, 0.15) is 89.0 Å². The van der Waals surface area contributed by atoms with Gasteiger partial charge in [0.2, 0.25) is 41.4 Å². The number of carbonyl (C=O) groups is 9. The summed E-state index contributed by atoms with van der Waals surface area (Å²) < 4.78 is 0. The number of halogens is 1. The number of guanidine groups is 1. The van der Waals surface area contributed by atoms with E-state index in [0.29, 0.717) is 42.3 Å². The molecule has 7 atom stereocenters. The van der Waals surface area contributed by atoms with E-state index in [1.165, 1.54) is 28.0 Å². The van der Waals surface area contributed by atoms with Crippen LogP contribution in [0.4, 0.5) is 0 Å². The summed E-state index contributed by atoms with van der Waals surface area (Å²) in [7, 11) is 0. The summed E-state index contributed by atoms with van der Waals surface area (Å²) in [6, 6.07) is 4.69. The molecule has 2 aliphatic rings. The molecular weight excluding hydrogens is 948 g/mol. The first-order valence-electron chi connectivity index (χ1n) is 23.4. The maximum absolute atomic E-state index is 14.6. The molecule has 0 radical (unpaired) electrons. The standard InChI is InChI=1S/C47H67ClN10O9S2/c1-4-52-42(63)34(9-5-17-53-47(50)51)54-44(65)37-10-6-18-58(37)46(67)29-15-20-68-21-16-32(59)23-30(22-28-11-13-31(48)14-12-28)41(62)56-36(25-33-8-7-19-69-33)43(64)57-40(27(2)3)45(66)55-35(26-39(49)61)38(60)24-29/h7-8,11-14,19,27,29-30,34-37,40H,4-6,9-10,15-18,20-26H2,1-3H3,(H2,49,61)(H,52,63)(H,54,65)(H,55,66)(H,56,62)(H,57,64)(H4,50,51,53)/t29-,30-,34-,35+,36+,37+,40+/m1/s1. The minimum atomic E-state index is -1.48. The van der Waals surface area contributed by atoms with Gasteiger partial charge in [0.15, 0.2) is 11.7 Å². The van der Waals surface area contributed by atoms with E-state index in [1.54, 1.807) is 51.1 Å². The van der Waals surface area contributed by atoms with E-state index in [1.807, 2.05) is 11.4 Å². The molecule has 3 heterocycles. The number of nitrogens with two attached hydrogens (primary N) is 3. The van der Waals surface area contributed by atoms with Crippen molar-refractivity contribution in [2.75, 3.05) is 31.1 Å². The molecule has 0 saturated carbocycles. The molecule has 1 aromatic carbocycles. The molecule has 2 aromatic rings. The van der Waals surface area contributed by atoms with Crippen LogP contribution >= 0.6 is 34.7 Å². The predicted molar refractivity (Wildman–Crippen MR) is 266 cm³/mol. The molecule has 0 unspecified atom stereocenters. The lowest BCUT2D eigenvalue weighted by Gasteiger charge is -2.30. The van der Waals surface area contributed by atoms with E-state index in [-0.39, 0.29) is 63.4 Å². The summed E-state index contributed by atoms with van der Waals surface area (Å²) in [5.41, 5.74) is 17.2. The number of amides is 7. The van der Waals surface area contributed by atoms with E-state index in [4.69, 9.17) is 28.8 Å². The lowest BCUT2D eigenvalue weighted by Crippen LogP contribution is -2.58. The second-order valence-corrected chi connectivity index (χ2v) is 20.4. The van der Waals surface area contributed by atoms with Gasteiger partial charge in [0.1, 0.15) is 30.0 Å². The van der Waals surface area contributed by atoms with Gasteiger partial charge in [0.25, 0.3) is 0 Å². The van der Waals surface area contributed by atoms with Crippen LogP contribution in [-0.4, -0.2) is 125 Å². The van der Waals surface area contributed by atoms with Gasteiger partial charge in [-0.1, -0.05) is 43.6 Å². The molecule has 11 N–H and O–H groups in total. The van der Waals surface area contributed by atoms with E-state index in [0.717, 1.165) is 10.4 Å². The Morgan fingerprint density at radius 3 is 2.28 bits per heavy atom. The van der Waals surface area contributed by atoms with Crippen LogP contribution in [0.5, 0.6) is 0 Å². The Balaban J connectivity index is 1.65. The van der Waals surface area contributed by atoms with Crippen LogP contribution in [0.2, 0.25) is 5.02 Å². The number of likely N-dealkylation sites (N-methyl/N-ethyl adjacent to an activating group) is 1. The van der Waals surface area contributed by atoms with Crippen molar-refractivity contribution in [2.24, 2.45) is 39.9 Å². The Morgan fingerprint density at radius 2 is 1.62 bits per heavy atom. The van der Waals surface area contributed by atoms with Crippen LogP contribution in [0, 0.1) is 17.8 Å². The molecule has 69 heavy (non-hydrogen) atoms. The smallest absolute Gasteiger partial charge is 0.243 e. The lowest BCUT2D eigenvalue weighted by atomic mass is 9.92. The van der Waals surface area contributed by atoms with Crippen molar-refractivity contribution in [2.45, 2.75) is 122 Å². The topological polar surface area (TPSA) is 307 Å². The van der Waals surface area contributed by atoms with E-state index >= 15 is 0 Å². The summed E-state index contributed by atoms with van der Waals surface area (Å²) in [5, 5.41) is 16.1. The van der Waals surface area contributed by atoms with Crippen molar-refractivity contribution in [3.8, 4) is 0 Å². The second-order valence-electron chi connectivity index (χ2n) is 17.7. The zero-order valence-corrected chi connectivity index (χ0v) is 41.9. The highest BCUT2D eigenvalue weighted by molar-refractivity contribution is 7.99. The zero-order chi connectivity index (χ0) is 50.6. The third-order valence-electron chi connectivity index (χ3n) is 11.9. The number of likely N-dealkylation sites (tertiary alicyclic amines) is 1. The van der Waals surface area contributed by atoms with Gasteiger partial charge in [-0.25, -0.2) is 0 Å². The normalized spacial score (nSPS) is 23.0. The van der Waals surface area contributed by atoms with Crippen molar-refractivity contribution in [1.82, 2.24) is 31.5 Å². The van der Waals surface area contributed by atoms with E-state index in [2.05, 4.69) is 31.6 Å². The molecule has 19 nitrogen and oxygen atoms in total. The van der Waals surface area contributed by atoms with Gasteiger partial charge in [-0.2, -0.15) is 11.8 Å². The summed E-state index contributed by atoms with van der Waals surface area (Å²) in [6.07, 6.45) is 0.628. The molecule has 0 spiro atoms. The number of primary amides is 1. The highest BCUT2D eigenvalue weighted by atomic mass is 35.5. The number of rotatable bonds is 16. The Hall–Kier alpha value is -5.54. The molecule has 4 rings (SSSR count).